The van der Waals surface area contributed by atoms with Gasteiger partial charge in [-0.1, -0.05) is 18.2 Å². The molecule has 0 spiro atoms. The van der Waals surface area contributed by atoms with E-state index in [0.29, 0.717) is 0 Å². The van der Waals surface area contributed by atoms with E-state index in [9.17, 15) is 38.7 Å². The van der Waals surface area contributed by atoms with Gasteiger partial charge in [0.25, 0.3) is 0 Å². The number of primary amides is 1. The van der Waals surface area contributed by atoms with Gasteiger partial charge in [0.2, 0.25) is 23.6 Å². The van der Waals surface area contributed by atoms with Crippen molar-refractivity contribution in [2.24, 2.45) is 11.5 Å². The number of fused-ring (bicyclic) bond motifs is 1. The zero-order valence-corrected chi connectivity index (χ0v) is 21.8. The molecular weight excluding hydrogens is 544 g/mol. The summed E-state index contributed by atoms with van der Waals surface area (Å²) in [5.41, 5.74) is 12.8. The molecule has 4 amide bonds. The van der Waals surface area contributed by atoms with E-state index in [-0.39, 0.29) is 19.3 Å². The lowest BCUT2D eigenvalue weighted by molar-refractivity contribution is -0.147. The summed E-state index contributed by atoms with van der Waals surface area (Å²) in [6.45, 7) is 0. The van der Waals surface area contributed by atoms with Crippen LogP contribution in [-0.2, 0) is 40.0 Å². The highest BCUT2D eigenvalue weighted by Crippen LogP contribution is 2.19. The summed E-state index contributed by atoms with van der Waals surface area (Å²) in [6, 6.07) is 1.27. The van der Waals surface area contributed by atoms with E-state index in [1.165, 1.54) is 0 Å². The Morgan fingerprint density at radius 1 is 0.780 bits per heavy atom. The van der Waals surface area contributed by atoms with Crippen LogP contribution in [0.2, 0.25) is 0 Å². The molecular formula is C25H32N6O10. The Bertz CT molecular complexity index is 1310. The number of rotatable bonds is 17. The van der Waals surface area contributed by atoms with Gasteiger partial charge >= 0.3 is 17.9 Å². The van der Waals surface area contributed by atoms with Crippen LogP contribution in [-0.4, -0.2) is 86.0 Å². The van der Waals surface area contributed by atoms with Gasteiger partial charge < -0.3 is 47.7 Å². The Kier molecular flexibility index (Phi) is 11.8. The van der Waals surface area contributed by atoms with E-state index in [1.807, 2.05) is 29.6 Å². The Morgan fingerprint density at radius 3 is 1.90 bits per heavy atom. The monoisotopic (exact) mass is 576 g/mol. The third kappa shape index (κ3) is 10.2. The summed E-state index contributed by atoms with van der Waals surface area (Å²) < 4.78 is 0. The van der Waals surface area contributed by atoms with Crippen molar-refractivity contribution in [3.8, 4) is 0 Å². The molecule has 1 aromatic heterocycles. The van der Waals surface area contributed by atoms with Gasteiger partial charge in [-0.3, -0.25) is 28.8 Å². The molecule has 16 nitrogen and oxygen atoms in total. The van der Waals surface area contributed by atoms with Crippen molar-refractivity contribution in [3.63, 3.8) is 0 Å². The van der Waals surface area contributed by atoms with Gasteiger partial charge in [-0.15, -0.1) is 0 Å². The number of hydrogen-bond acceptors (Lipinski definition) is 8. The van der Waals surface area contributed by atoms with Gasteiger partial charge in [0.05, 0.1) is 12.5 Å². The van der Waals surface area contributed by atoms with Gasteiger partial charge in [0.15, 0.2) is 0 Å². The van der Waals surface area contributed by atoms with Crippen LogP contribution < -0.4 is 27.4 Å². The Balaban J connectivity index is 2.18. The van der Waals surface area contributed by atoms with Gasteiger partial charge in [0.1, 0.15) is 18.1 Å². The molecule has 16 heteroatoms. The first-order chi connectivity index (χ1) is 19.3. The number of hydrogen-bond donors (Lipinski definition) is 9. The maximum absolute atomic E-state index is 13.1. The number of amides is 4. The molecule has 0 fully saturated rings. The normalized spacial score (nSPS) is 13.8. The minimum absolute atomic E-state index is 0.0871. The number of carboxylic acids is 3. The highest BCUT2D eigenvalue weighted by Gasteiger charge is 2.31. The molecule has 11 N–H and O–H groups in total. The van der Waals surface area contributed by atoms with E-state index in [1.54, 1.807) is 6.20 Å². The van der Waals surface area contributed by atoms with Crippen molar-refractivity contribution in [1.82, 2.24) is 20.9 Å². The molecule has 2 rings (SSSR count). The van der Waals surface area contributed by atoms with Crippen molar-refractivity contribution in [2.45, 2.75) is 62.7 Å². The van der Waals surface area contributed by atoms with Crippen LogP contribution >= 0.6 is 0 Å². The average Bonchev–Trinajstić information content (AvgIpc) is 3.30. The quantitative estimate of drug-likeness (QED) is 0.101. The number of H-pyrrole nitrogens is 1. The maximum Gasteiger partial charge on any atom is 0.326 e. The zero-order chi connectivity index (χ0) is 30.7. The second-order valence-electron chi connectivity index (χ2n) is 9.23. The largest absolute Gasteiger partial charge is 0.481 e. The number of para-hydroxylation sites is 1. The van der Waals surface area contributed by atoms with E-state index in [2.05, 4.69) is 15.6 Å². The highest BCUT2D eigenvalue weighted by molar-refractivity contribution is 5.95. The van der Waals surface area contributed by atoms with Crippen LogP contribution in [0.25, 0.3) is 10.9 Å². The van der Waals surface area contributed by atoms with Crippen LogP contribution in [0, 0.1) is 0 Å². The number of nitrogens with two attached hydrogens (primary N) is 2. The first-order valence-electron chi connectivity index (χ1n) is 12.4. The molecule has 0 radical (unpaired) electrons. The summed E-state index contributed by atoms with van der Waals surface area (Å²) in [5.74, 6) is -8.25. The average molecular weight is 577 g/mol. The summed E-state index contributed by atoms with van der Waals surface area (Å²) in [7, 11) is 0. The number of nitrogens with one attached hydrogen (secondary N) is 4. The van der Waals surface area contributed by atoms with Crippen LogP contribution in [0.15, 0.2) is 30.5 Å². The predicted octanol–water partition coefficient (Wildman–Crippen LogP) is -1.82. The molecule has 1 aromatic carbocycles. The molecule has 0 saturated carbocycles. The van der Waals surface area contributed by atoms with E-state index in [4.69, 9.17) is 21.7 Å². The maximum atomic E-state index is 13.1. The molecule has 0 saturated heterocycles. The molecule has 2 aromatic rings. The van der Waals surface area contributed by atoms with Crippen molar-refractivity contribution in [3.05, 3.63) is 36.0 Å². The Morgan fingerprint density at radius 2 is 1.34 bits per heavy atom. The van der Waals surface area contributed by atoms with Crippen LogP contribution in [0.4, 0.5) is 0 Å². The molecule has 222 valence electrons. The van der Waals surface area contributed by atoms with Crippen molar-refractivity contribution in [1.29, 1.82) is 0 Å². The Hall–Kier alpha value is -4.99. The van der Waals surface area contributed by atoms with Gasteiger partial charge in [0, 0.05) is 29.9 Å². The first-order valence-corrected chi connectivity index (χ1v) is 12.4. The molecule has 0 aliphatic rings. The fraction of sp³-hybridized carbons (Fsp3) is 0.400. The summed E-state index contributed by atoms with van der Waals surface area (Å²) in [4.78, 5) is 86.6. The van der Waals surface area contributed by atoms with Crippen molar-refractivity contribution >= 4 is 52.4 Å². The zero-order valence-electron chi connectivity index (χ0n) is 21.8. The molecule has 4 atom stereocenters. The van der Waals surface area contributed by atoms with Crippen LogP contribution in [0.3, 0.4) is 0 Å². The standard InChI is InChI=1S/C25H32N6O10/c26-14(9-12-11-28-15-4-2-1-3-13(12)15)22(37)29-16(5-7-19(27)32)23(38)30-17(6-8-20(33)34)24(39)31-18(25(40)41)10-21(35)36/h1-4,11,14,16-18,28H,5-10,26H2,(H2,27,32)(H,29,37)(H,30,38)(H,31,39)(H,33,34)(H,35,36)(H,40,41). The molecule has 0 aliphatic heterocycles. The molecule has 0 aliphatic carbocycles. The number of benzene rings is 1. The van der Waals surface area contributed by atoms with Crippen LogP contribution in [0.5, 0.6) is 0 Å². The lowest BCUT2D eigenvalue weighted by atomic mass is 10.0. The van der Waals surface area contributed by atoms with Gasteiger partial charge in [-0.05, 0) is 30.9 Å². The fourth-order valence-corrected chi connectivity index (χ4v) is 3.92. The fourth-order valence-electron chi connectivity index (χ4n) is 3.92. The smallest absolute Gasteiger partial charge is 0.326 e. The van der Waals surface area contributed by atoms with E-state index < -0.39 is 85.0 Å². The van der Waals surface area contributed by atoms with Gasteiger partial charge in [-0.2, -0.15) is 0 Å². The number of aromatic nitrogens is 1. The SMILES string of the molecule is NC(=O)CCC(NC(=O)C(N)Cc1c[nH]c2ccccc12)C(=O)NC(CCC(=O)O)C(=O)NC(CC(=O)O)C(=O)O. The van der Waals surface area contributed by atoms with E-state index in [0.717, 1.165) is 16.5 Å². The molecule has 0 bridgehead atoms. The topological polar surface area (TPSA) is 284 Å². The third-order valence-electron chi connectivity index (χ3n) is 6.04. The second kappa shape index (κ2) is 15.0. The number of carbonyl (C=O) groups is 7. The van der Waals surface area contributed by atoms with Gasteiger partial charge in [-0.25, -0.2) is 4.79 Å². The Labute approximate surface area is 232 Å². The highest BCUT2D eigenvalue weighted by atomic mass is 16.4. The minimum atomic E-state index is -1.86. The number of aliphatic carboxylic acids is 3. The van der Waals surface area contributed by atoms with Crippen LogP contribution in [0.1, 0.15) is 37.7 Å². The summed E-state index contributed by atoms with van der Waals surface area (Å²) in [6.07, 6.45) is -0.963. The first kappa shape index (κ1) is 32.2. The summed E-state index contributed by atoms with van der Waals surface area (Å²) >= 11 is 0. The van der Waals surface area contributed by atoms with E-state index >= 15 is 0 Å². The van der Waals surface area contributed by atoms with Crippen molar-refractivity contribution < 1.29 is 48.9 Å². The third-order valence-corrected chi connectivity index (χ3v) is 6.04. The summed E-state index contributed by atoms with van der Waals surface area (Å²) in [5, 5.41) is 34.6. The molecule has 1 heterocycles. The lowest BCUT2D eigenvalue weighted by Gasteiger charge is -2.24. The molecule has 41 heavy (non-hydrogen) atoms. The minimum Gasteiger partial charge on any atom is -0.481 e. The number of carboxylic acid groups (broad SMARTS) is 3. The number of aromatic amines is 1. The number of carbonyl (C=O) groups excluding carboxylic acids is 4. The lowest BCUT2D eigenvalue weighted by Crippen LogP contribution is -2.57. The predicted molar refractivity (Wildman–Crippen MR) is 141 cm³/mol. The second-order valence-corrected chi connectivity index (χ2v) is 9.23. The van der Waals surface area contributed by atoms with Crippen molar-refractivity contribution in [2.75, 3.05) is 0 Å². The molecule has 4 unspecified atom stereocenters.